The van der Waals surface area contributed by atoms with Crippen LogP contribution < -0.4 is 19.9 Å². The number of hydrogen-bond acceptors (Lipinski definition) is 6. The highest BCUT2D eigenvalue weighted by Gasteiger charge is 2.37. The molecular formula is C21H35N3O4. The highest BCUT2D eigenvalue weighted by atomic mass is 16.5. The molecule has 2 rings (SSSR count). The summed E-state index contributed by atoms with van der Waals surface area (Å²) >= 11 is 0. The number of rotatable bonds is 9. The molecule has 1 saturated heterocycles. The van der Waals surface area contributed by atoms with Gasteiger partial charge in [0.2, 0.25) is 11.7 Å². The van der Waals surface area contributed by atoms with Crippen molar-refractivity contribution in [1.82, 2.24) is 9.80 Å². The highest BCUT2D eigenvalue weighted by Crippen LogP contribution is 2.40. The number of hydrogen-bond donors (Lipinski definition) is 1. The van der Waals surface area contributed by atoms with Crippen molar-refractivity contribution in [3.05, 3.63) is 17.7 Å². The standard InChI is InChI=1S/C21H35N3O4/c1-6-21(7-2,15-22)20(25)24-12-10-23(11-13-24)14-16-8-9-17(26-3)19(28-5)18(16)27-4/h8-9H,6-7,10-15,22H2,1-5H3. The van der Waals surface area contributed by atoms with Gasteiger partial charge in [-0.2, -0.15) is 0 Å². The molecule has 7 nitrogen and oxygen atoms in total. The van der Waals surface area contributed by atoms with Crippen molar-refractivity contribution in [2.45, 2.75) is 33.2 Å². The van der Waals surface area contributed by atoms with E-state index in [4.69, 9.17) is 19.9 Å². The van der Waals surface area contributed by atoms with Crippen molar-refractivity contribution < 1.29 is 19.0 Å². The normalized spacial score (nSPS) is 15.4. The smallest absolute Gasteiger partial charge is 0.230 e. The third-order valence-electron chi connectivity index (χ3n) is 6.04. The summed E-state index contributed by atoms with van der Waals surface area (Å²) < 4.78 is 16.4. The Hall–Kier alpha value is -1.99. The topological polar surface area (TPSA) is 77.3 Å². The molecule has 1 amide bonds. The molecule has 0 aromatic heterocycles. The molecule has 1 aliphatic heterocycles. The van der Waals surface area contributed by atoms with Gasteiger partial charge in [-0.15, -0.1) is 0 Å². The van der Waals surface area contributed by atoms with Crippen LogP contribution in [0.5, 0.6) is 17.2 Å². The van der Waals surface area contributed by atoms with E-state index >= 15 is 0 Å². The van der Waals surface area contributed by atoms with Crippen LogP contribution in [0, 0.1) is 5.41 Å². The Morgan fingerprint density at radius 2 is 1.61 bits per heavy atom. The summed E-state index contributed by atoms with van der Waals surface area (Å²) in [4.78, 5) is 17.3. The summed E-state index contributed by atoms with van der Waals surface area (Å²) in [5, 5.41) is 0. The van der Waals surface area contributed by atoms with Crippen LogP contribution in [0.2, 0.25) is 0 Å². The van der Waals surface area contributed by atoms with E-state index in [1.54, 1.807) is 21.3 Å². The van der Waals surface area contributed by atoms with Crippen LogP contribution in [0.15, 0.2) is 12.1 Å². The van der Waals surface area contributed by atoms with E-state index in [1.807, 2.05) is 30.9 Å². The first-order valence-corrected chi connectivity index (χ1v) is 9.99. The molecule has 0 radical (unpaired) electrons. The van der Waals surface area contributed by atoms with E-state index in [-0.39, 0.29) is 5.91 Å². The third-order valence-corrected chi connectivity index (χ3v) is 6.04. The summed E-state index contributed by atoms with van der Waals surface area (Å²) in [6.07, 6.45) is 1.56. The van der Waals surface area contributed by atoms with Crippen molar-refractivity contribution in [1.29, 1.82) is 0 Å². The average molecular weight is 394 g/mol. The third kappa shape index (κ3) is 4.36. The Bertz CT molecular complexity index is 645. The summed E-state index contributed by atoms with van der Waals surface area (Å²) in [7, 11) is 4.86. The zero-order valence-electron chi connectivity index (χ0n) is 17.9. The maximum Gasteiger partial charge on any atom is 0.230 e. The molecule has 2 N–H and O–H groups in total. The van der Waals surface area contributed by atoms with Crippen LogP contribution in [-0.2, 0) is 11.3 Å². The Morgan fingerprint density at radius 3 is 2.07 bits per heavy atom. The van der Waals surface area contributed by atoms with Gasteiger partial charge in [-0.05, 0) is 18.9 Å². The fourth-order valence-electron chi connectivity index (χ4n) is 3.90. The number of piperazine rings is 1. The molecule has 0 bridgehead atoms. The number of nitrogens with zero attached hydrogens (tertiary/aromatic N) is 2. The predicted octanol–water partition coefficient (Wildman–Crippen LogP) is 2.12. The zero-order chi connectivity index (χ0) is 20.7. The lowest BCUT2D eigenvalue weighted by atomic mass is 9.81. The van der Waals surface area contributed by atoms with E-state index < -0.39 is 5.41 Å². The molecule has 0 saturated carbocycles. The molecule has 1 aromatic carbocycles. The monoisotopic (exact) mass is 393 g/mol. The predicted molar refractivity (Wildman–Crippen MR) is 110 cm³/mol. The SMILES string of the molecule is CCC(CC)(CN)C(=O)N1CCN(Cc2ccc(OC)c(OC)c2OC)CC1. The van der Waals surface area contributed by atoms with Crippen LogP contribution >= 0.6 is 0 Å². The van der Waals surface area contributed by atoms with Gasteiger partial charge in [-0.3, -0.25) is 9.69 Å². The van der Waals surface area contributed by atoms with E-state index in [9.17, 15) is 4.79 Å². The zero-order valence-corrected chi connectivity index (χ0v) is 17.9. The molecule has 7 heteroatoms. The van der Waals surface area contributed by atoms with Crippen molar-refractivity contribution >= 4 is 5.91 Å². The van der Waals surface area contributed by atoms with Gasteiger partial charge in [-0.1, -0.05) is 19.9 Å². The molecule has 1 heterocycles. The number of methoxy groups -OCH3 is 3. The van der Waals surface area contributed by atoms with Crippen LogP contribution in [0.3, 0.4) is 0 Å². The first kappa shape index (κ1) is 22.3. The fourth-order valence-corrected chi connectivity index (χ4v) is 3.90. The van der Waals surface area contributed by atoms with Crippen molar-refractivity contribution in [3.63, 3.8) is 0 Å². The largest absolute Gasteiger partial charge is 0.493 e. The average Bonchev–Trinajstić information content (AvgIpc) is 2.75. The highest BCUT2D eigenvalue weighted by molar-refractivity contribution is 5.83. The Labute approximate surface area is 168 Å². The molecule has 0 aliphatic carbocycles. The fraction of sp³-hybridized carbons (Fsp3) is 0.667. The molecule has 1 aliphatic rings. The van der Waals surface area contributed by atoms with Gasteiger partial charge in [0, 0.05) is 44.8 Å². The van der Waals surface area contributed by atoms with Gasteiger partial charge in [-0.25, -0.2) is 0 Å². The Morgan fingerprint density at radius 1 is 1.00 bits per heavy atom. The van der Waals surface area contributed by atoms with E-state index in [0.29, 0.717) is 23.8 Å². The number of ether oxygens (including phenoxy) is 3. The van der Waals surface area contributed by atoms with Crippen molar-refractivity contribution in [2.75, 3.05) is 54.1 Å². The summed E-state index contributed by atoms with van der Waals surface area (Å²) in [6, 6.07) is 3.90. The minimum absolute atomic E-state index is 0.198. The van der Waals surface area contributed by atoms with Crippen LogP contribution in [0.25, 0.3) is 0 Å². The molecule has 1 fully saturated rings. The number of nitrogens with two attached hydrogens (primary N) is 1. The van der Waals surface area contributed by atoms with Crippen LogP contribution in [0.1, 0.15) is 32.3 Å². The van der Waals surface area contributed by atoms with Gasteiger partial charge in [0.15, 0.2) is 11.5 Å². The number of carbonyl (C=O) groups is 1. The van der Waals surface area contributed by atoms with Crippen LogP contribution in [0.4, 0.5) is 0 Å². The quantitative estimate of drug-likeness (QED) is 0.693. The van der Waals surface area contributed by atoms with Gasteiger partial charge in [0.05, 0.1) is 26.7 Å². The maximum absolute atomic E-state index is 13.0. The molecule has 0 unspecified atom stereocenters. The van der Waals surface area contributed by atoms with Crippen LogP contribution in [-0.4, -0.2) is 69.8 Å². The van der Waals surface area contributed by atoms with E-state index in [2.05, 4.69) is 4.90 Å². The first-order chi connectivity index (χ1) is 13.5. The molecule has 28 heavy (non-hydrogen) atoms. The van der Waals surface area contributed by atoms with E-state index in [0.717, 1.165) is 51.1 Å². The molecule has 158 valence electrons. The lowest BCUT2D eigenvalue weighted by molar-refractivity contribution is -0.144. The molecule has 0 spiro atoms. The summed E-state index contributed by atoms with van der Waals surface area (Å²) in [5.74, 6) is 2.15. The Balaban J connectivity index is 2.06. The van der Waals surface area contributed by atoms with Gasteiger partial charge < -0.3 is 24.8 Å². The molecule has 1 aromatic rings. The number of carbonyl (C=O) groups excluding carboxylic acids is 1. The second kappa shape index (κ2) is 9.98. The molecule has 0 atom stereocenters. The second-order valence-electron chi connectivity index (χ2n) is 7.25. The summed E-state index contributed by atoms with van der Waals surface area (Å²) in [6.45, 7) is 8.31. The second-order valence-corrected chi connectivity index (χ2v) is 7.25. The summed E-state index contributed by atoms with van der Waals surface area (Å²) in [5.41, 5.74) is 6.57. The Kier molecular flexibility index (Phi) is 7.95. The lowest BCUT2D eigenvalue weighted by Gasteiger charge is -2.40. The minimum Gasteiger partial charge on any atom is -0.493 e. The number of amides is 1. The van der Waals surface area contributed by atoms with Gasteiger partial charge in [0.25, 0.3) is 0 Å². The van der Waals surface area contributed by atoms with Gasteiger partial charge >= 0.3 is 0 Å². The van der Waals surface area contributed by atoms with Crippen molar-refractivity contribution in [3.8, 4) is 17.2 Å². The maximum atomic E-state index is 13.0. The van der Waals surface area contributed by atoms with E-state index in [1.165, 1.54) is 0 Å². The molecular weight excluding hydrogens is 358 g/mol. The lowest BCUT2D eigenvalue weighted by Crippen LogP contribution is -2.54. The first-order valence-electron chi connectivity index (χ1n) is 9.99. The van der Waals surface area contributed by atoms with Gasteiger partial charge in [0.1, 0.15) is 0 Å². The van der Waals surface area contributed by atoms with Crippen molar-refractivity contribution in [2.24, 2.45) is 11.1 Å². The minimum atomic E-state index is -0.422. The number of benzene rings is 1.